The van der Waals surface area contributed by atoms with Gasteiger partial charge in [-0.15, -0.1) is 0 Å². The van der Waals surface area contributed by atoms with Crippen LogP contribution >= 0.6 is 0 Å². The molecule has 0 bridgehead atoms. The van der Waals surface area contributed by atoms with Gasteiger partial charge in [-0.25, -0.2) is 0 Å². The van der Waals surface area contributed by atoms with Gasteiger partial charge in [0.15, 0.2) is 6.61 Å². The second kappa shape index (κ2) is 8.59. The van der Waals surface area contributed by atoms with Crippen LogP contribution in [0.15, 0.2) is 24.3 Å². The van der Waals surface area contributed by atoms with E-state index in [4.69, 9.17) is 4.74 Å². The summed E-state index contributed by atoms with van der Waals surface area (Å²) >= 11 is 0. The van der Waals surface area contributed by atoms with Gasteiger partial charge in [-0.05, 0) is 23.6 Å². The second-order valence-corrected chi connectivity index (χ2v) is 5.67. The zero-order valence-corrected chi connectivity index (χ0v) is 13.0. The first-order valence-electron chi connectivity index (χ1n) is 7.27. The van der Waals surface area contributed by atoms with Gasteiger partial charge in [0.1, 0.15) is 5.75 Å². The number of benzene rings is 1. The van der Waals surface area contributed by atoms with E-state index in [2.05, 4.69) is 33.3 Å². The highest BCUT2D eigenvalue weighted by Crippen LogP contribution is 2.18. The molecule has 0 atom stereocenters. The Kier molecular flexibility index (Phi) is 7.09. The Morgan fingerprint density at radius 1 is 1.25 bits per heavy atom. The topological polar surface area (TPSA) is 42.8 Å². The zero-order valence-electron chi connectivity index (χ0n) is 13.0. The van der Waals surface area contributed by atoms with Crippen LogP contribution < -0.4 is 15.0 Å². The van der Waals surface area contributed by atoms with Crippen LogP contribution in [0.3, 0.4) is 0 Å². The van der Waals surface area contributed by atoms with Crippen LogP contribution in [-0.2, 0) is 4.79 Å². The lowest BCUT2D eigenvalue weighted by Gasteiger charge is -2.10. The van der Waals surface area contributed by atoms with Crippen molar-refractivity contribution in [2.75, 3.05) is 33.8 Å². The van der Waals surface area contributed by atoms with Crippen LogP contribution in [-0.4, -0.2) is 39.7 Å². The fourth-order valence-electron chi connectivity index (χ4n) is 1.82. The van der Waals surface area contributed by atoms with Gasteiger partial charge in [-0.2, -0.15) is 0 Å². The Hall–Kier alpha value is -1.55. The summed E-state index contributed by atoms with van der Waals surface area (Å²) in [5.74, 6) is 1.18. The van der Waals surface area contributed by atoms with E-state index in [0.29, 0.717) is 12.5 Å². The molecule has 112 valence electrons. The molecule has 0 saturated heterocycles. The Morgan fingerprint density at radius 2 is 1.90 bits per heavy atom. The average Bonchev–Trinajstić information content (AvgIpc) is 2.41. The van der Waals surface area contributed by atoms with Crippen LogP contribution in [0.1, 0.15) is 31.7 Å². The molecule has 1 amide bonds. The van der Waals surface area contributed by atoms with Crippen LogP contribution in [0, 0.1) is 0 Å². The Labute approximate surface area is 122 Å². The standard InChI is InChI=1S/C16H26N2O2/c1-13(2)14-6-8-15(9-7-14)20-12-16(19)17-10-5-11-18(3)4/h6-9,13H,5,10-12H2,1-4H3,(H,17,19)/p+1. The van der Waals surface area contributed by atoms with Crippen molar-refractivity contribution < 1.29 is 14.4 Å². The molecular weight excluding hydrogens is 252 g/mol. The molecule has 1 aromatic rings. The van der Waals surface area contributed by atoms with E-state index in [0.717, 1.165) is 18.7 Å². The molecule has 0 aliphatic heterocycles. The molecule has 0 aliphatic carbocycles. The molecule has 0 fully saturated rings. The van der Waals surface area contributed by atoms with Crippen LogP contribution in [0.25, 0.3) is 0 Å². The molecule has 1 aromatic carbocycles. The minimum atomic E-state index is -0.0632. The first kappa shape index (κ1) is 16.5. The molecule has 2 N–H and O–H groups in total. The lowest BCUT2D eigenvalue weighted by molar-refractivity contribution is -0.858. The summed E-state index contributed by atoms with van der Waals surface area (Å²) in [5, 5.41) is 2.86. The maximum Gasteiger partial charge on any atom is 0.257 e. The molecule has 0 radical (unpaired) electrons. The highest BCUT2D eigenvalue weighted by Gasteiger charge is 2.04. The molecule has 4 heteroatoms. The van der Waals surface area contributed by atoms with E-state index in [1.54, 1.807) is 0 Å². The van der Waals surface area contributed by atoms with Crippen molar-refractivity contribution >= 4 is 5.91 Å². The van der Waals surface area contributed by atoms with Gasteiger partial charge in [-0.1, -0.05) is 26.0 Å². The SMILES string of the molecule is CC(C)c1ccc(OCC(=O)NCCC[NH+](C)C)cc1. The summed E-state index contributed by atoms with van der Waals surface area (Å²) in [6.07, 6.45) is 0.983. The maximum absolute atomic E-state index is 11.6. The van der Waals surface area contributed by atoms with Gasteiger partial charge in [0, 0.05) is 13.0 Å². The smallest absolute Gasteiger partial charge is 0.257 e. The van der Waals surface area contributed by atoms with E-state index in [1.165, 1.54) is 10.5 Å². The van der Waals surface area contributed by atoms with Gasteiger partial charge in [-0.3, -0.25) is 4.79 Å². The summed E-state index contributed by atoms with van der Waals surface area (Å²) in [6, 6.07) is 7.91. The Balaban J connectivity index is 2.23. The number of nitrogens with one attached hydrogen (secondary N) is 2. The van der Waals surface area contributed by atoms with Crippen LogP contribution in [0.4, 0.5) is 0 Å². The Morgan fingerprint density at radius 3 is 2.45 bits per heavy atom. The first-order valence-corrected chi connectivity index (χ1v) is 7.27. The predicted molar refractivity (Wildman–Crippen MR) is 81.3 cm³/mol. The average molecular weight is 279 g/mol. The van der Waals surface area contributed by atoms with Crippen molar-refractivity contribution in [3.05, 3.63) is 29.8 Å². The van der Waals surface area contributed by atoms with E-state index in [1.807, 2.05) is 24.3 Å². The van der Waals surface area contributed by atoms with Crippen molar-refractivity contribution in [3.63, 3.8) is 0 Å². The molecule has 0 heterocycles. The number of ether oxygens (including phenoxy) is 1. The van der Waals surface area contributed by atoms with Crippen molar-refractivity contribution in [2.24, 2.45) is 0 Å². The third kappa shape index (κ3) is 6.57. The van der Waals surface area contributed by atoms with Crippen LogP contribution in [0.5, 0.6) is 5.75 Å². The van der Waals surface area contributed by atoms with Crippen molar-refractivity contribution in [1.82, 2.24) is 5.32 Å². The number of hydrogen-bond acceptors (Lipinski definition) is 2. The molecule has 20 heavy (non-hydrogen) atoms. The largest absolute Gasteiger partial charge is 0.484 e. The quantitative estimate of drug-likeness (QED) is 0.693. The number of amides is 1. The van der Waals surface area contributed by atoms with E-state index >= 15 is 0 Å². The number of carbonyl (C=O) groups is 1. The van der Waals surface area contributed by atoms with E-state index < -0.39 is 0 Å². The summed E-state index contributed by atoms with van der Waals surface area (Å²) < 4.78 is 5.46. The van der Waals surface area contributed by atoms with Crippen molar-refractivity contribution in [1.29, 1.82) is 0 Å². The fraction of sp³-hybridized carbons (Fsp3) is 0.562. The molecular formula is C16H27N2O2+. The lowest BCUT2D eigenvalue weighted by atomic mass is 10.0. The lowest BCUT2D eigenvalue weighted by Crippen LogP contribution is -3.05. The van der Waals surface area contributed by atoms with Crippen LogP contribution in [0.2, 0.25) is 0 Å². The molecule has 0 spiro atoms. The molecule has 0 aliphatic rings. The van der Waals surface area contributed by atoms with E-state index in [9.17, 15) is 4.79 Å². The van der Waals surface area contributed by atoms with Gasteiger partial charge in [0.2, 0.25) is 0 Å². The third-order valence-corrected chi connectivity index (χ3v) is 3.09. The molecule has 1 rings (SSSR count). The predicted octanol–water partition coefficient (Wildman–Crippen LogP) is 0.840. The fourth-order valence-corrected chi connectivity index (χ4v) is 1.82. The third-order valence-electron chi connectivity index (χ3n) is 3.09. The number of rotatable bonds is 8. The summed E-state index contributed by atoms with van der Waals surface area (Å²) in [6.45, 7) is 6.14. The first-order chi connectivity index (χ1) is 9.49. The number of quaternary nitrogens is 1. The number of hydrogen-bond donors (Lipinski definition) is 2. The molecule has 0 saturated carbocycles. The minimum Gasteiger partial charge on any atom is -0.484 e. The van der Waals surface area contributed by atoms with Gasteiger partial charge in [0.05, 0.1) is 20.6 Å². The second-order valence-electron chi connectivity index (χ2n) is 5.67. The van der Waals surface area contributed by atoms with Crippen molar-refractivity contribution in [2.45, 2.75) is 26.2 Å². The molecule has 0 aromatic heterocycles. The van der Waals surface area contributed by atoms with Crippen molar-refractivity contribution in [3.8, 4) is 5.75 Å². The highest BCUT2D eigenvalue weighted by molar-refractivity contribution is 5.77. The molecule has 4 nitrogen and oxygen atoms in total. The van der Waals surface area contributed by atoms with Gasteiger partial charge in [0.25, 0.3) is 5.91 Å². The minimum absolute atomic E-state index is 0.0632. The summed E-state index contributed by atoms with van der Waals surface area (Å²) in [4.78, 5) is 13.0. The highest BCUT2D eigenvalue weighted by atomic mass is 16.5. The summed E-state index contributed by atoms with van der Waals surface area (Å²) in [7, 11) is 4.21. The Bertz CT molecular complexity index is 399. The maximum atomic E-state index is 11.6. The monoisotopic (exact) mass is 279 g/mol. The van der Waals surface area contributed by atoms with Gasteiger partial charge < -0.3 is 15.0 Å². The number of carbonyl (C=O) groups excluding carboxylic acids is 1. The van der Waals surface area contributed by atoms with Gasteiger partial charge >= 0.3 is 0 Å². The zero-order chi connectivity index (χ0) is 15.0. The normalized spacial score (nSPS) is 10.9. The molecule has 0 unspecified atom stereocenters. The summed E-state index contributed by atoms with van der Waals surface area (Å²) in [5.41, 5.74) is 1.27. The van der Waals surface area contributed by atoms with E-state index in [-0.39, 0.29) is 12.5 Å².